The summed E-state index contributed by atoms with van der Waals surface area (Å²) in [4.78, 5) is 15.4. The second-order valence-corrected chi connectivity index (χ2v) is 4.01. The van der Waals surface area contributed by atoms with Crippen molar-refractivity contribution in [3.05, 3.63) is 23.3 Å². The van der Waals surface area contributed by atoms with Crippen molar-refractivity contribution in [3.8, 4) is 0 Å². The first-order chi connectivity index (χ1) is 7.63. The molecule has 2 aliphatic rings. The molecule has 16 heavy (non-hydrogen) atoms. The van der Waals surface area contributed by atoms with E-state index in [9.17, 15) is 4.79 Å². The predicted octanol–water partition coefficient (Wildman–Crippen LogP) is 1.82. The van der Waals surface area contributed by atoms with Crippen LogP contribution in [-0.2, 0) is 4.74 Å². The molecule has 1 saturated heterocycles. The van der Waals surface area contributed by atoms with Crippen LogP contribution < -0.4 is 10.6 Å². The van der Waals surface area contributed by atoms with E-state index in [4.69, 9.17) is 4.74 Å². The van der Waals surface area contributed by atoms with Gasteiger partial charge in [0.15, 0.2) is 5.84 Å². The van der Waals surface area contributed by atoms with Gasteiger partial charge in [0.05, 0.1) is 11.4 Å². The first-order valence-electron chi connectivity index (χ1n) is 5.07. The zero-order chi connectivity index (χ0) is 11.3. The average Bonchev–Trinajstić information content (AvgIpc) is 2.56. The van der Waals surface area contributed by atoms with Gasteiger partial charge < -0.3 is 10.1 Å². The Balaban J connectivity index is 2.09. The highest BCUT2D eigenvalue weighted by Gasteiger charge is 2.33. The lowest BCUT2D eigenvalue weighted by molar-refractivity contribution is 0.158. The fourth-order valence-electron chi connectivity index (χ4n) is 1.83. The van der Waals surface area contributed by atoms with Crippen molar-refractivity contribution in [2.75, 3.05) is 5.32 Å². The van der Waals surface area contributed by atoms with Crippen LogP contribution >= 0.6 is 0 Å². The van der Waals surface area contributed by atoms with Crippen LogP contribution in [0.2, 0.25) is 0 Å². The van der Waals surface area contributed by atoms with Gasteiger partial charge in [0.25, 0.3) is 0 Å². The van der Waals surface area contributed by atoms with Crippen molar-refractivity contribution in [2.45, 2.75) is 20.1 Å². The Bertz CT molecular complexity index is 522. The van der Waals surface area contributed by atoms with Crippen molar-refractivity contribution in [2.24, 2.45) is 4.99 Å². The topological polar surface area (TPSA) is 62.7 Å². The molecule has 82 valence electrons. The number of carbonyl (C=O) groups excluding carboxylic acids is 1. The van der Waals surface area contributed by atoms with E-state index >= 15 is 0 Å². The number of anilines is 1. The minimum atomic E-state index is -0.470. The Morgan fingerprint density at radius 1 is 1.31 bits per heavy atom. The zero-order valence-corrected chi connectivity index (χ0v) is 9.00. The van der Waals surface area contributed by atoms with Gasteiger partial charge in [-0.2, -0.15) is 0 Å². The summed E-state index contributed by atoms with van der Waals surface area (Å²) in [6.07, 6.45) is -0.931. The van der Waals surface area contributed by atoms with E-state index < -0.39 is 12.3 Å². The van der Waals surface area contributed by atoms with Crippen LogP contribution in [0.25, 0.3) is 0 Å². The van der Waals surface area contributed by atoms with Crippen LogP contribution in [0.4, 0.5) is 16.2 Å². The normalized spacial score (nSPS) is 21.2. The van der Waals surface area contributed by atoms with Gasteiger partial charge in [0.1, 0.15) is 0 Å². The molecule has 5 nitrogen and oxygen atoms in total. The first kappa shape index (κ1) is 9.21. The highest BCUT2D eigenvalue weighted by atomic mass is 16.6. The van der Waals surface area contributed by atoms with Gasteiger partial charge in [-0.05, 0) is 37.1 Å². The minimum absolute atomic E-state index is 0.461. The number of nitrogens with zero attached hydrogens (tertiary/aromatic N) is 1. The molecule has 1 aromatic rings. The van der Waals surface area contributed by atoms with Crippen LogP contribution in [0.15, 0.2) is 17.1 Å². The molecule has 3 rings (SSSR count). The Kier molecular flexibility index (Phi) is 1.71. The van der Waals surface area contributed by atoms with Gasteiger partial charge in [-0.3, -0.25) is 5.32 Å². The van der Waals surface area contributed by atoms with E-state index in [0.29, 0.717) is 5.84 Å². The number of alkyl carbamates (subject to hydrolysis) is 1. The number of aliphatic imine (C=N–C) groups is 1. The molecule has 2 aliphatic heterocycles. The highest BCUT2D eigenvalue weighted by molar-refractivity contribution is 6.07. The number of rotatable bonds is 0. The molecule has 1 aromatic carbocycles. The van der Waals surface area contributed by atoms with E-state index in [1.165, 1.54) is 11.1 Å². The third-order valence-electron chi connectivity index (χ3n) is 2.84. The molecule has 0 saturated carbocycles. The summed E-state index contributed by atoms with van der Waals surface area (Å²) in [5.74, 6) is 0.528. The smallest absolute Gasteiger partial charge is 0.415 e. The quantitative estimate of drug-likeness (QED) is 0.696. The largest absolute Gasteiger partial charge is 0.418 e. The summed E-state index contributed by atoms with van der Waals surface area (Å²) >= 11 is 0. The number of nitrogens with one attached hydrogen (secondary N) is 2. The maximum atomic E-state index is 11.0. The number of aryl methyl sites for hydroxylation is 2. The molecule has 2 N–H and O–H groups in total. The van der Waals surface area contributed by atoms with Gasteiger partial charge in [-0.25, -0.2) is 9.79 Å². The standard InChI is InChI=1S/C11H11N3O2/c1-5-3-7-8(4-6(5)2)13-10-9(12-7)14-11(15)16-10/h3-4,10,13H,1-2H3,(H,12,14,15). The Labute approximate surface area is 92.5 Å². The van der Waals surface area contributed by atoms with Gasteiger partial charge in [0.2, 0.25) is 6.23 Å². The molecule has 1 atom stereocenters. The lowest BCUT2D eigenvalue weighted by atomic mass is 10.1. The van der Waals surface area contributed by atoms with E-state index in [2.05, 4.69) is 15.6 Å². The molecule has 1 amide bonds. The molecular weight excluding hydrogens is 206 g/mol. The molecular formula is C11H11N3O2. The van der Waals surface area contributed by atoms with Gasteiger partial charge in [-0.1, -0.05) is 0 Å². The highest BCUT2D eigenvalue weighted by Crippen LogP contribution is 2.33. The lowest BCUT2D eigenvalue weighted by Gasteiger charge is -2.20. The van der Waals surface area contributed by atoms with Crippen molar-refractivity contribution >= 4 is 23.3 Å². The number of amidine groups is 1. The second kappa shape index (κ2) is 2.98. The first-order valence-corrected chi connectivity index (χ1v) is 5.07. The SMILES string of the molecule is Cc1cc2c(cc1C)NC1OC(=O)NC1=N2. The number of hydrogen-bond donors (Lipinski definition) is 2. The van der Waals surface area contributed by atoms with E-state index in [0.717, 1.165) is 11.4 Å². The number of fused-ring (bicyclic) bond motifs is 2. The van der Waals surface area contributed by atoms with Crippen molar-refractivity contribution in [1.82, 2.24) is 5.32 Å². The number of carbonyl (C=O) groups is 1. The molecule has 0 bridgehead atoms. The van der Waals surface area contributed by atoms with Crippen LogP contribution in [0.1, 0.15) is 11.1 Å². The molecule has 1 fully saturated rings. The van der Waals surface area contributed by atoms with Crippen LogP contribution in [-0.4, -0.2) is 18.2 Å². The summed E-state index contributed by atoms with van der Waals surface area (Å²) in [7, 11) is 0. The maximum Gasteiger partial charge on any atom is 0.415 e. The number of hydrogen-bond acceptors (Lipinski definition) is 4. The summed E-state index contributed by atoms with van der Waals surface area (Å²) in [6.45, 7) is 4.07. The van der Waals surface area contributed by atoms with E-state index in [1.807, 2.05) is 26.0 Å². The fourth-order valence-corrected chi connectivity index (χ4v) is 1.83. The zero-order valence-electron chi connectivity index (χ0n) is 9.00. The fraction of sp³-hybridized carbons (Fsp3) is 0.273. The van der Waals surface area contributed by atoms with Gasteiger partial charge in [0, 0.05) is 0 Å². The summed E-state index contributed by atoms with van der Waals surface area (Å²) in [6, 6.07) is 4.00. The molecule has 5 heteroatoms. The summed E-state index contributed by atoms with van der Waals surface area (Å²) in [5.41, 5.74) is 4.09. The monoisotopic (exact) mass is 217 g/mol. The number of ether oxygens (including phenoxy) is 1. The van der Waals surface area contributed by atoms with Crippen LogP contribution in [0.3, 0.4) is 0 Å². The van der Waals surface area contributed by atoms with Crippen LogP contribution in [0.5, 0.6) is 0 Å². The van der Waals surface area contributed by atoms with Gasteiger partial charge in [-0.15, -0.1) is 0 Å². The Hall–Kier alpha value is -2.04. The lowest BCUT2D eigenvalue weighted by Crippen LogP contribution is -2.33. The minimum Gasteiger partial charge on any atom is -0.418 e. The second-order valence-electron chi connectivity index (χ2n) is 4.01. The van der Waals surface area contributed by atoms with Gasteiger partial charge >= 0.3 is 6.09 Å². The molecule has 0 aliphatic carbocycles. The average molecular weight is 217 g/mol. The number of amides is 1. The third-order valence-corrected chi connectivity index (χ3v) is 2.84. The van der Waals surface area contributed by atoms with Crippen LogP contribution in [0, 0.1) is 13.8 Å². The number of benzene rings is 1. The van der Waals surface area contributed by atoms with Crippen molar-refractivity contribution < 1.29 is 9.53 Å². The predicted molar refractivity (Wildman–Crippen MR) is 60.0 cm³/mol. The Morgan fingerprint density at radius 3 is 2.88 bits per heavy atom. The molecule has 1 unspecified atom stereocenters. The van der Waals surface area contributed by atoms with E-state index in [1.54, 1.807) is 0 Å². The third kappa shape index (κ3) is 1.25. The van der Waals surface area contributed by atoms with Crippen molar-refractivity contribution in [1.29, 1.82) is 0 Å². The van der Waals surface area contributed by atoms with Crippen molar-refractivity contribution in [3.63, 3.8) is 0 Å². The Morgan fingerprint density at radius 2 is 2.06 bits per heavy atom. The summed E-state index contributed by atoms with van der Waals surface area (Å²) in [5, 5.41) is 5.68. The maximum absolute atomic E-state index is 11.0. The summed E-state index contributed by atoms with van der Waals surface area (Å²) < 4.78 is 5.00. The molecule has 0 radical (unpaired) electrons. The molecule has 0 aromatic heterocycles. The van der Waals surface area contributed by atoms with E-state index in [-0.39, 0.29) is 0 Å². The molecule has 0 spiro atoms. The molecule has 2 heterocycles.